The van der Waals surface area contributed by atoms with E-state index < -0.39 is 6.04 Å². The maximum absolute atomic E-state index is 14.0. The molecule has 2 nitrogen and oxygen atoms in total. The van der Waals surface area contributed by atoms with E-state index in [0.717, 1.165) is 18.5 Å². The molecule has 5 heteroatoms. The van der Waals surface area contributed by atoms with Gasteiger partial charge in [-0.3, -0.25) is 4.98 Å². The third kappa shape index (κ3) is 3.29. The molecule has 0 saturated carbocycles. The van der Waals surface area contributed by atoms with Crippen molar-refractivity contribution in [2.45, 2.75) is 19.4 Å². The second-order valence-corrected chi connectivity index (χ2v) is 5.19. The monoisotopic (exact) mass is 312 g/mol. The highest BCUT2D eigenvalue weighted by Crippen LogP contribution is 2.33. The van der Waals surface area contributed by atoms with Crippen LogP contribution in [0.15, 0.2) is 36.5 Å². The van der Waals surface area contributed by atoms with Gasteiger partial charge in [0.15, 0.2) is 0 Å². The Balaban J connectivity index is 2.47. The van der Waals surface area contributed by atoms with E-state index in [2.05, 4.69) is 10.3 Å². The maximum atomic E-state index is 14.0. The Morgan fingerprint density at radius 2 is 2.05 bits per heavy atom. The molecule has 1 aromatic heterocycles. The molecule has 0 radical (unpaired) electrons. The molecule has 2 rings (SSSR count). The Morgan fingerprint density at radius 3 is 2.75 bits per heavy atom. The Bertz CT molecular complexity index is 590. The summed E-state index contributed by atoms with van der Waals surface area (Å²) in [6.45, 7) is 2.77. The van der Waals surface area contributed by atoms with Gasteiger partial charge in [0.25, 0.3) is 0 Å². The highest BCUT2D eigenvalue weighted by Gasteiger charge is 2.21. The first-order chi connectivity index (χ1) is 9.65. The lowest BCUT2D eigenvalue weighted by atomic mass is 10.0. The zero-order chi connectivity index (χ0) is 14.5. The smallest absolute Gasteiger partial charge is 0.146 e. The van der Waals surface area contributed by atoms with Crippen LogP contribution in [0, 0.1) is 5.82 Å². The van der Waals surface area contributed by atoms with Gasteiger partial charge in [0.1, 0.15) is 5.82 Å². The second kappa shape index (κ2) is 7.02. The van der Waals surface area contributed by atoms with Gasteiger partial charge in [-0.05, 0) is 36.7 Å². The molecule has 1 aromatic carbocycles. The van der Waals surface area contributed by atoms with Crippen molar-refractivity contribution < 1.29 is 4.39 Å². The van der Waals surface area contributed by atoms with Crippen LogP contribution >= 0.6 is 23.2 Å². The lowest BCUT2D eigenvalue weighted by Gasteiger charge is -2.20. The van der Waals surface area contributed by atoms with Gasteiger partial charge >= 0.3 is 0 Å². The van der Waals surface area contributed by atoms with Crippen LogP contribution in [0.25, 0.3) is 0 Å². The van der Waals surface area contributed by atoms with Gasteiger partial charge in [0.2, 0.25) is 0 Å². The zero-order valence-electron chi connectivity index (χ0n) is 11.0. The normalized spacial score (nSPS) is 12.4. The Kier molecular flexibility index (Phi) is 5.35. The van der Waals surface area contributed by atoms with E-state index in [1.807, 2.05) is 13.0 Å². The molecule has 20 heavy (non-hydrogen) atoms. The fourth-order valence-electron chi connectivity index (χ4n) is 2.00. The van der Waals surface area contributed by atoms with Gasteiger partial charge in [-0.1, -0.05) is 42.3 Å². The van der Waals surface area contributed by atoms with Crippen molar-refractivity contribution in [1.82, 2.24) is 10.3 Å². The molecule has 0 saturated heterocycles. The first-order valence-electron chi connectivity index (χ1n) is 6.42. The molecular weight excluding hydrogens is 298 g/mol. The van der Waals surface area contributed by atoms with E-state index in [1.165, 1.54) is 6.07 Å². The van der Waals surface area contributed by atoms with Crippen LogP contribution in [0.4, 0.5) is 4.39 Å². The number of nitrogens with one attached hydrogen (secondary N) is 1. The zero-order valence-corrected chi connectivity index (χ0v) is 12.5. The number of nitrogens with zero attached hydrogens (tertiary/aromatic N) is 1. The molecule has 0 amide bonds. The molecule has 1 heterocycles. The molecular formula is C15H15Cl2FN2. The average Bonchev–Trinajstić information content (AvgIpc) is 2.45. The fourth-order valence-corrected chi connectivity index (χ4v) is 2.41. The number of hydrogen-bond donors (Lipinski definition) is 1. The highest BCUT2D eigenvalue weighted by molar-refractivity contribution is 6.42. The molecule has 1 atom stereocenters. The predicted octanol–water partition coefficient (Wildman–Crippen LogP) is 4.62. The Morgan fingerprint density at radius 1 is 1.25 bits per heavy atom. The lowest BCUT2D eigenvalue weighted by Crippen LogP contribution is -2.25. The van der Waals surface area contributed by atoms with Crippen molar-refractivity contribution in [3.8, 4) is 0 Å². The van der Waals surface area contributed by atoms with Crippen LogP contribution in [-0.2, 0) is 0 Å². The minimum absolute atomic E-state index is 0.324. The van der Waals surface area contributed by atoms with E-state index in [-0.39, 0.29) is 5.82 Å². The number of hydrogen-bond acceptors (Lipinski definition) is 2. The molecule has 0 bridgehead atoms. The van der Waals surface area contributed by atoms with Crippen molar-refractivity contribution in [3.05, 3.63) is 63.6 Å². The number of benzene rings is 1. The Hall–Kier alpha value is -1.16. The molecule has 0 spiro atoms. The molecule has 1 N–H and O–H groups in total. The number of rotatable bonds is 5. The largest absolute Gasteiger partial charge is 0.305 e. The van der Waals surface area contributed by atoms with Crippen LogP contribution in [0.1, 0.15) is 30.6 Å². The van der Waals surface area contributed by atoms with Gasteiger partial charge in [-0.2, -0.15) is 0 Å². The summed E-state index contributed by atoms with van der Waals surface area (Å²) in [5, 5.41) is 4.14. The lowest BCUT2D eigenvalue weighted by molar-refractivity contribution is 0.531. The van der Waals surface area contributed by atoms with E-state index in [1.54, 1.807) is 24.4 Å². The molecule has 0 aliphatic rings. The van der Waals surface area contributed by atoms with Gasteiger partial charge in [0, 0.05) is 6.20 Å². The number of halogens is 3. The van der Waals surface area contributed by atoms with E-state index in [4.69, 9.17) is 23.2 Å². The van der Waals surface area contributed by atoms with Crippen LogP contribution < -0.4 is 5.32 Å². The molecule has 2 aromatic rings. The van der Waals surface area contributed by atoms with Crippen molar-refractivity contribution in [3.63, 3.8) is 0 Å². The molecule has 0 aliphatic carbocycles. The van der Waals surface area contributed by atoms with Gasteiger partial charge in [-0.15, -0.1) is 0 Å². The van der Waals surface area contributed by atoms with Gasteiger partial charge in [0.05, 0.1) is 21.8 Å². The second-order valence-electron chi connectivity index (χ2n) is 4.40. The van der Waals surface area contributed by atoms with Gasteiger partial charge in [-0.25, -0.2) is 4.39 Å². The summed E-state index contributed by atoms with van der Waals surface area (Å²) >= 11 is 12.3. The Labute approximate surface area is 127 Å². The maximum Gasteiger partial charge on any atom is 0.146 e. The summed E-state index contributed by atoms with van der Waals surface area (Å²) in [7, 11) is 0. The van der Waals surface area contributed by atoms with E-state index >= 15 is 0 Å². The molecule has 0 fully saturated rings. The first kappa shape index (κ1) is 15.2. The summed E-state index contributed by atoms with van der Waals surface area (Å²) in [6.07, 6.45) is 2.49. The van der Waals surface area contributed by atoms with Crippen molar-refractivity contribution in [1.29, 1.82) is 0 Å². The van der Waals surface area contributed by atoms with Crippen molar-refractivity contribution in [2.24, 2.45) is 0 Å². The molecule has 106 valence electrons. The summed E-state index contributed by atoms with van der Waals surface area (Å²) in [4.78, 5) is 4.14. The topological polar surface area (TPSA) is 24.9 Å². The molecule has 1 unspecified atom stereocenters. The van der Waals surface area contributed by atoms with E-state index in [9.17, 15) is 4.39 Å². The summed E-state index contributed by atoms with van der Waals surface area (Å²) in [6, 6.07) is 7.87. The van der Waals surface area contributed by atoms with E-state index in [0.29, 0.717) is 15.7 Å². The van der Waals surface area contributed by atoms with Crippen LogP contribution in [0.5, 0.6) is 0 Å². The summed E-state index contributed by atoms with van der Waals surface area (Å²) in [5.74, 6) is -0.364. The third-order valence-corrected chi connectivity index (χ3v) is 3.78. The van der Waals surface area contributed by atoms with Crippen LogP contribution in [0.3, 0.4) is 0 Å². The summed E-state index contributed by atoms with van der Waals surface area (Å²) < 4.78 is 14.0. The number of pyridine rings is 1. The van der Waals surface area contributed by atoms with Crippen LogP contribution in [-0.4, -0.2) is 11.5 Å². The number of aromatic nitrogens is 1. The SMILES string of the molecule is CCCNC(c1cccc(Cl)c1Cl)c1ncccc1F. The quantitative estimate of drug-likeness (QED) is 0.871. The van der Waals surface area contributed by atoms with Crippen molar-refractivity contribution >= 4 is 23.2 Å². The van der Waals surface area contributed by atoms with Gasteiger partial charge < -0.3 is 5.32 Å². The summed E-state index contributed by atoms with van der Waals surface area (Å²) in [5.41, 5.74) is 1.05. The first-order valence-corrected chi connectivity index (χ1v) is 7.18. The standard InChI is InChI=1S/C15H15Cl2FN2/c1-2-8-19-14(15-12(18)7-4-9-20-15)10-5-3-6-11(16)13(10)17/h3-7,9,14,19H,2,8H2,1H3. The predicted molar refractivity (Wildman–Crippen MR) is 80.8 cm³/mol. The molecule has 0 aliphatic heterocycles. The third-order valence-electron chi connectivity index (χ3n) is 2.95. The van der Waals surface area contributed by atoms with Crippen molar-refractivity contribution in [2.75, 3.05) is 6.54 Å². The average molecular weight is 313 g/mol. The minimum Gasteiger partial charge on any atom is -0.305 e. The fraction of sp³-hybridized carbons (Fsp3) is 0.267. The minimum atomic E-state index is -0.414. The highest BCUT2D eigenvalue weighted by atomic mass is 35.5. The van der Waals surface area contributed by atoms with Crippen LogP contribution in [0.2, 0.25) is 10.0 Å².